The van der Waals surface area contributed by atoms with Crippen LogP contribution >= 0.6 is 0 Å². The zero-order chi connectivity index (χ0) is 41.7. The molecule has 0 N–H and O–H groups in total. The van der Waals surface area contributed by atoms with Crippen LogP contribution in [0.3, 0.4) is 0 Å². The Balaban J connectivity index is 1.06. The lowest BCUT2D eigenvalue weighted by Gasteiger charge is -2.34. The highest BCUT2D eigenvalue weighted by atomic mass is 14.9. The van der Waals surface area contributed by atoms with Crippen LogP contribution in [0.1, 0.15) is 22.3 Å². The summed E-state index contributed by atoms with van der Waals surface area (Å²) < 4.78 is 0. The van der Waals surface area contributed by atoms with Crippen LogP contribution in [0.4, 0.5) is 0 Å². The van der Waals surface area contributed by atoms with Crippen molar-refractivity contribution in [3.05, 3.63) is 259 Å². The van der Waals surface area contributed by atoms with Crippen molar-refractivity contribution in [1.29, 1.82) is 0 Å². The van der Waals surface area contributed by atoms with Gasteiger partial charge < -0.3 is 0 Å². The van der Waals surface area contributed by atoms with Crippen LogP contribution in [0.5, 0.6) is 0 Å². The fraction of sp³-hybridized carbons (Fsp3) is 0.0167. The van der Waals surface area contributed by atoms with Crippen LogP contribution < -0.4 is 0 Å². The highest BCUT2D eigenvalue weighted by molar-refractivity contribution is 6.19. The van der Waals surface area contributed by atoms with E-state index >= 15 is 0 Å². The third-order valence-electron chi connectivity index (χ3n) is 12.8. The van der Waals surface area contributed by atoms with Crippen molar-refractivity contribution in [3.63, 3.8) is 0 Å². The van der Waals surface area contributed by atoms with Gasteiger partial charge in [0.05, 0.1) is 28.0 Å². The molecule has 0 saturated heterocycles. The molecule has 1 aliphatic carbocycles. The number of hydrogen-bond acceptors (Lipinski definition) is 3. The summed E-state index contributed by atoms with van der Waals surface area (Å²) in [5.41, 5.74) is 17.1. The Labute approximate surface area is 366 Å². The van der Waals surface area contributed by atoms with Crippen LogP contribution in [0, 0.1) is 0 Å². The quantitative estimate of drug-likeness (QED) is 0.151. The van der Waals surface area contributed by atoms with Gasteiger partial charge in [0.25, 0.3) is 0 Å². The molecule has 63 heavy (non-hydrogen) atoms. The van der Waals surface area contributed by atoms with Crippen LogP contribution in [0.2, 0.25) is 0 Å². The van der Waals surface area contributed by atoms with Gasteiger partial charge in [-0.25, -0.2) is 15.0 Å². The van der Waals surface area contributed by atoms with Gasteiger partial charge in [0.1, 0.15) is 0 Å². The van der Waals surface area contributed by atoms with Gasteiger partial charge in [0.2, 0.25) is 0 Å². The van der Waals surface area contributed by atoms with Crippen molar-refractivity contribution in [3.8, 4) is 67.4 Å². The lowest BCUT2D eigenvalue weighted by Crippen LogP contribution is -2.28. The number of para-hydroxylation sites is 1. The first kappa shape index (κ1) is 36.6. The monoisotopic (exact) mass is 801 g/mol. The van der Waals surface area contributed by atoms with E-state index in [9.17, 15) is 0 Å². The van der Waals surface area contributed by atoms with Crippen LogP contribution in [-0.4, -0.2) is 15.0 Å². The zero-order valence-electron chi connectivity index (χ0n) is 34.4. The van der Waals surface area contributed by atoms with Crippen LogP contribution in [0.15, 0.2) is 237 Å². The molecule has 9 aromatic carbocycles. The van der Waals surface area contributed by atoms with Gasteiger partial charge in [-0.15, -0.1) is 0 Å². The Kier molecular flexibility index (Phi) is 8.72. The van der Waals surface area contributed by atoms with Crippen LogP contribution in [-0.2, 0) is 5.41 Å². The van der Waals surface area contributed by atoms with E-state index < -0.39 is 5.41 Å². The molecule has 0 radical (unpaired) electrons. The minimum absolute atomic E-state index is 0.504. The minimum atomic E-state index is -0.504. The van der Waals surface area contributed by atoms with Crippen molar-refractivity contribution in [1.82, 2.24) is 15.0 Å². The third-order valence-corrected chi connectivity index (χ3v) is 12.8. The smallest absolute Gasteiger partial charge is 0.160 e. The molecule has 0 unspecified atom stereocenters. The second-order valence-electron chi connectivity index (χ2n) is 16.3. The summed E-state index contributed by atoms with van der Waals surface area (Å²) in [6.45, 7) is 0. The Hall–Kier alpha value is -8.27. The van der Waals surface area contributed by atoms with E-state index in [-0.39, 0.29) is 0 Å². The van der Waals surface area contributed by atoms with E-state index in [2.05, 4.69) is 212 Å². The predicted molar refractivity (Wildman–Crippen MR) is 259 cm³/mol. The zero-order valence-corrected chi connectivity index (χ0v) is 34.4. The summed E-state index contributed by atoms with van der Waals surface area (Å²) in [5.74, 6) is 0.685. The van der Waals surface area contributed by atoms with E-state index in [0.717, 1.165) is 55.6 Å². The summed E-state index contributed by atoms with van der Waals surface area (Å²) in [6.07, 6.45) is 0. The highest BCUT2D eigenvalue weighted by Gasteiger charge is 2.46. The second-order valence-corrected chi connectivity index (χ2v) is 16.3. The molecule has 2 aromatic heterocycles. The maximum absolute atomic E-state index is 5.47. The van der Waals surface area contributed by atoms with E-state index in [0.29, 0.717) is 5.82 Å². The molecule has 0 bridgehead atoms. The molecule has 0 amide bonds. The van der Waals surface area contributed by atoms with Gasteiger partial charge >= 0.3 is 0 Å². The maximum Gasteiger partial charge on any atom is 0.160 e. The van der Waals surface area contributed by atoms with Gasteiger partial charge in [-0.05, 0) is 62.7 Å². The average Bonchev–Trinajstić information content (AvgIpc) is 3.68. The molecule has 0 saturated carbocycles. The minimum Gasteiger partial charge on any atom is -0.247 e. The molecule has 3 nitrogen and oxygen atoms in total. The largest absolute Gasteiger partial charge is 0.247 e. The number of hydrogen-bond donors (Lipinski definition) is 0. The molecule has 12 rings (SSSR count). The first-order chi connectivity index (χ1) is 31.2. The summed E-state index contributed by atoms with van der Waals surface area (Å²) in [7, 11) is 0. The van der Waals surface area contributed by atoms with Crippen molar-refractivity contribution in [2.75, 3.05) is 0 Å². The Morgan fingerprint density at radius 2 is 0.857 bits per heavy atom. The fourth-order valence-electron chi connectivity index (χ4n) is 9.94. The topological polar surface area (TPSA) is 38.7 Å². The highest BCUT2D eigenvalue weighted by Crippen LogP contribution is 2.58. The van der Waals surface area contributed by atoms with E-state index in [4.69, 9.17) is 15.0 Å². The first-order valence-corrected chi connectivity index (χ1v) is 21.5. The van der Waals surface area contributed by atoms with Gasteiger partial charge in [0, 0.05) is 38.4 Å². The molecule has 294 valence electrons. The Bertz CT molecular complexity index is 3430. The third kappa shape index (κ3) is 6.01. The average molecular weight is 802 g/mol. The lowest BCUT2D eigenvalue weighted by atomic mass is 9.67. The van der Waals surface area contributed by atoms with Gasteiger partial charge in [-0.3, -0.25) is 0 Å². The van der Waals surface area contributed by atoms with Crippen molar-refractivity contribution in [2.24, 2.45) is 0 Å². The van der Waals surface area contributed by atoms with Gasteiger partial charge in [-0.1, -0.05) is 218 Å². The molecule has 11 aromatic rings. The second kappa shape index (κ2) is 15.0. The Morgan fingerprint density at radius 3 is 1.57 bits per heavy atom. The van der Waals surface area contributed by atoms with Crippen LogP contribution in [0.25, 0.3) is 89.1 Å². The van der Waals surface area contributed by atoms with E-state index in [1.165, 1.54) is 49.9 Å². The Morgan fingerprint density at radius 1 is 0.317 bits per heavy atom. The number of aromatic nitrogens is 3. The van der Waals surface area contributed by atoms with Crippen molar-refractivity contribution >= 4 is 21.7 Å². The normalized spacial score (nSPS) is 12.6. The predicted octanol–water partition coefficient (Wildman–Crippen LogP) is 14.9. The van der Waals surface area contributed by atoms with E-state index in [1.54, 1.807) is 0 Å². The standard InChI is InChI=1S/C60H39N3/c1-5-18-40(19-6-1)41-32-34-42(35-33-41)54-39-55(63-59(62-54)43-20-7-2-8-21-43)44-22-17-23-45(38-44)58-50-36-37-52-57(56(50)49-29-14-16-31-53(49)61-58)48-28-13-15-30-51(48)60(52,46-24-9-3-10-25-46)47-26-11-4-12-27-47/h1-39H. The molecular weight excluding hydrogens is 763 g/mol. The number of benzene rings is 9. The molecule has 0 aliphatic heterocycles. The summed E-state index contributed by atoms with van der Waals surface area (Å²) in [6, 6.07) is 84.5. The van der Waals surface area contributed by atoms with E-state index in [1.807, 2.05) is 24.3 Å². The number of fused-ring (bicyclic) bond motifs is 7. The number of nitrogens with zero attached hydrogens (tertiary/aromatic N) is 3. The summed E-state index contributed by atoms with van der Waals surface area (Å²) in [4.78, 5) is 15.8. The lowest BCUT2D eigenvalue weighted by molar-refractivity contribution is 0.769. The molecule has 0 atom stereocenters. The van der Waals surface area contributed by atoms with Gasteiger partial charge in [-0.2, -0.15) is 0 Å². The SMILES string of the molecule is c1ccc(-c2ccc(-c3cc(-c4cccc(-c5nc6ccccc6c6c7c(ccc56)C(c5ccccc5)(c5ccccc5)c5ccccc5-7)c4)nc(-c4ccccc4)n3)cc2)cc1. The molecule has 0 fully saturated rings. The molecular formula is C60H39N3. The number of rotatable bonds is 7. The van der Waals surface area contributed by atoms with Gasteiger partial charge in [0.15, 0.2) is 5.82 Å². The first-order valence-electron chi connectivity index (χ1n) is 21.5. The van der Waals surface area contributed by atoms with Crippen molar-refractivity contribution < 1.29 is 0 Å². The molecule has 0 spiro atoms. The molecule has 3 heteroatoms. The fourth-order valence-corrected chi connectivity index (χ4v) is 9.94. The molecule has 1 aliphatic rings. The molecule has 2 heterocycles. The summed E-state index contributed by atoms with van der Waals surface area (Å²) in [5, 5.41) is 3.47. The van der Waals surface area contributed by atoms with Crippen molar-refractivity contribution in [2.45, 2.75) is 5.41 Å². The summed E-state index contributed by atoms with van der Waals surface area (Å²) >= 11 is 0. The number of pyridine rings is 1. The maximum atomic E-state index is 5.47.